The average molecular weight is 585 g/mol. The van der Waals surface area contributed by atoms with Crippen molar-refractivity contribution in [2.24, 2.45) is 0 Å². The van der Waals surface area contributed by atoms with E-state index in [1.54, 1.807) is 18.2 Å². The van der Waals surface area contributed by atoms with E-state index < -0.39 is 16.1 Å². The maximum atomic E-state index is 13.6. The van der Waals surface area contributed by atoms with Crippen LogP contribution in [0.15, 0.2) is 36.4 Å². The normalized spacial score (nSPS) is 13.1. The second-order valence-corrected chi connectivity index (χ2v) is 12.5. The molecule has 1 N–H and O–H groups in total. The molecule has 0 radical (unpaired) electrons. The summed E-state index contributed by atoms with van der Waals surface area (Å²) >= 11 is 12.5. The number of sulfonamides is 1. The average Bonchev–Trinajstić information content (AvgIpc) is 2.83. The molecule has 7 nitrogen and oxygen atoms in total. The highest BCUT2D eigenvalue weighted by molar-refractivity contribution is 7.92. The fourth-order valence-corrected chi connectivity index (χ4v) is 5.65. The minimum Gasteiger partial charge on any atom is -0.352 e. The Bertz CT molecular complexity index is 1240. The Kier molecular flexibility index (Phi) is 11.9. The lowest BCUT2D eigenvalue weighted by Gasteiger charge is -2.32. The van der Waals surface area contributed by atoms with E-state index in [1.807, 2.05) is 52.8 Å². The van der Waals surface area contributed by atoms with Gasteiger partial charge in [0.1, 0.15) is 6.04 Å². The molecule has 2 aromatic rings. The number of nitrogens with zero attached hydrogens (tertiary/aromatic N) is 2. The van der Waals surface area contributed by atoms with E-state index >= 15 is 0 Å². The summed E-state index contributed by atoms with van der Waals surface area (Å²) in [6.45, 7) is 9.79. The van der Waals surface area contributed by atoms with Crippen molar-refractivity contribution in [2.75, 3.05) is 17.1 Å². The fraction of sp³-hybridized carbons (Fsp3) is 0.500. The lowest BCUT2D eigenvalue weighted by atomic mass is 10.1. The van der Waals surface area contributed by atoms with Gasteiger partial charge in [-0.05, 0) is 74.9 Å². The minimum absolute atomic E-state index is 0.0338. The summed E-state index contributed by atoms with van der Waals surface area (Å²) in [5.74, 6) is -0.481. The topological polar surface area (TPSA) is 86.8 Å². The molecule has 2 rings (SSSR count). The van der Waals surface area contributed by atoms with Gasteiger partial charge < -0.3 is 10.2 Å². The number of carbonyl (C=O) groups excluding carboxylic acids is 2. The maximum absolute atomic E-state index is 13.6. The van der Waals surface area contributed by atoms with Crippen molar-refractivity contribution >= 4 is 50.7 Å². The van der Waals surface area contributed by atoms with E-state index in [2.05, 4.69) is 5.32 Å². The van der Waals surface area contributed by atoms with Crippen LogP contribution in [-0.2, 0) is 26.2 Å². The Morgan fingerprint density at radius 2 is 1.71 bits per heavy atom. The number of aryl methyl sites for hydroxylation is 2. The standard InChI is InChI=1S/C28H39Cl2N3O4S/c1-7-21(5)31-28(35)25(8-2)32(18-22-13-14-23(29)17-24(22)30)27(34)10-9-15-33(38(6,36)37)26-16-19(3)11-12-20(26)4/h11-14,16-17,21,25H,7-10,15,18H2,1-6H3,(H,31,35)/t21-,25-/m1/s1. The summed E-state index contributed by atoms with van der Waals surface area (Å²) < 4.78 is 26.6. The first-order valence-electron chi connectivity index (χ1n) is 12.9. The quantitative estimate of drug-likeness (QED) is 0.319. The Morgan fingerprint density at radius 1 is 1.03 bits per heavy atom. The number of hydrogen-bond donors (Lipinski definition) is 1. The van der Waals surface area contributed by atoms with Gasteiger partial charge in [-0.25, -0.2) is 8.42 Å². The van der Waals surface area contributed by atoms with Gasteiger partial charge in [-0.3, -0.25) is 13.9 Å². The molecule has 0 aliphatic rings. The van der Waals surface area contributed by atoms with E-state index in [0.717, 1.165) is 23.8 Å². The van der Waals surface area contributed by atoms with Gasteiger partial charge >= 0.3 is 0 Å². The Morgan fingerprint density at radius 3 is 2.29 bits per heavy atom. The highest BCUT2D eigenvalue weighted by Gasteiger charge is 2.30. The Hall–Kier alpha value is -2.29. The molecule has 2 amide bonds. The molecular formula is C28H39Cl2N3O4S. The smallest absolute Gasteiger partial charge is 0.243 e. The van der Waals surface area contributed by atoms with E-state index in [9.17, 15) is 18.0 Å². The molecular weight excluding hydrogens is 545 g/mol. The lowest BCUT2D eigenvalue weighted by molar-refractivity contribution is -0.141. The van der Waals surface area contributed by atoms with Crippen LogP contribution in [0.25, 0.3) is 0 Å². The number of amides is 2. The molecule has 0 saturated heterocycles. The number of carbonyl (C=O) groups is 2. The molecule has 2 atom stereocenters. The van der Waals surface area contributed by atoms with E-state index in [0.29, 0.717) is 27.7 Å². The molecule has 0 spiro atoms. The summed E-state index contributed by atoms with van der Waals surface area (Å²) in [6.07, 6.45) is 2.69. The number of benzene rings is 2. The van der Waals surface area contributed by atoms with E-state index in [-0.39, 0.29) is 43.8 Å². The van der Waals surface area contributed by atoms with Gasteiger partial charge in [-0.15, -0.1) is 0 Å². The van der Waals surface area contributed by atoms with Crippen LogP contribution in [0.3, 0.4) is 0 Å². The molecule has 0 aromatic heterocycles. The Labute approximate surface area is 237 Å². The zero-order valence-corrected chi connectivity index (χ0v) is 25.4. The lowest BCUT2D eigenvalue weighted by Crippen LogP contribution is -2.50. The number of anilines is 1. The molecule has 10 heteroatoms. The SMILES string of the molecule is CC[C@@H](C)NC(=O)[C@@H](CC)N(Cc1ccc(Cl)cc1Cl)C(=O)CCCN(c1cc(C)ccc1C)S(C)(=O)=O. The van der Waals surface area contributed by atoms with Gasteiger partial charge in [0.2, 0.25) is 21.8 Å². The van der Waals surface area contributed by atoms with Gasteiger partial charge in [-0.1, -0.05) is 55.2 Å². The molecule has 0 aliphatic heterocycles. The first-order valence-corrected chi connectivity index (χ1v) is 15.5. The van der Waals surface area contributed by atoms with Gasteiger partial charge in [0.25, 0.3) is 0 Å². The third-order valence-electron chi connectivity index (χ3n) is 6.53. The number of nitrogens with one attached hydrogen (secondary N) is 1. The summed E-state index contributed by atoms with van der Waals surface area (Å²) in [5, 5.41) is 3.86. The Balaban J connectivity index is 2.30. The number of halogens is 2. The molecule has 0 bridgehead atoms. The zero-order valence-electron chi connectivity index (χ0n) is 23.1. The highest BCUT2D eigenvalue weighted by Crippen LogP contribution is 2.26. The predicted octanol–water partition coefficient (Wildman–Crippen LogP) is 5.88. The van der Waals surface area contributed by atoms with Crippen molar-refractivity contribution in [1.82, 2.24) is 10.2 Å². The molecule has 38 heavy (non-hydrogen) atoms. The van der Waals surface area contributed by atoms with Crippen LogP contribution in [0, 0.1) is 13.8 Å². The van der Waals surface area contributed by atoms with Crippen LogP contribution < -0.4 is 9.62 Å². The van der Waals surface area contributed by atoms with Gasteiger partial charge in [0, 0.05) is 35.6 Å². The second kappa shape index (κ2) is 14.2. The van der Waals surface area contributed by atoms with E-state index in [1.165, 1.54) is 9.21 Å². The number of hydrogen-bond acceptors (Lipinski definition) is 4. The van der Waals surface area contributed by atoms with Crippen LogP contribution in [0.5, 0.6) is 0 Å². The van der Waals surface area contributed by atoms with Crippen molar-refractivity contribution in [2.45, 2.75) is 78.9 Å². The molecule has 2 aromatic carbocycles. The third-order valence-corrected chi connectivity index (χ3v) is 8.30. The second-order valence-electron chi connectivity index (χ2n) is 9.73. The van der Waals surface area contributed by atoms with Crippen LogP contribution in [0.1, 0.15) is 63.1 Å². The molecule has 0 fully saturated rings. The van der Waals surface area contributed by atoms with Gasteiger partial charge in [0.15, 0.2) is 0 Å². The molecule has 0 aliphatic carbocycles. The van der Waals surface area contributed by atoms with E-state index in [4.69, 9.17) is 23.2 Å². The maximum Gasteiger partial charge on any atom is 0.243 e. The number of rotatable bonds is 13. The largest absolute Gasteiger partial charge is 0.352 e. The first-order chi connectivity index (χ1) is 17.8. The van der Waals surface area contributed by atoms with Crippen molar-refractivity contribution in [3.8, 4) is 0 Å². The third kappa shape index (κ3) is 8.89. The summed E-state index contributed by atoms with van der Waals surface area (Å²) in [7, 11) is -3.57. The first kappa shape index (κ1) is 31.9. The van der Waals surface area contributed by atoms with Crippen molar-refractivity contribution in [1.29, 1.82) is 0 Å². The fourth-order valence-electron chi connectivity index (χ4n) is 4.16. The van der Waals surface area contributed by atoms with Crippen LogP contribution >= 0.6 is 23.2 Å². The predicted molar refractivity (Wildman–Crippen MR) is 156 cm³/mol. The van der Waals surface area contributed by atoms with Crippen LogP contribution in [-0.4, -0.2) is 50.0 Å². The molecule has 0 heterocycles. The molecule has 0 saturated carbocycles. The molecule has 210 valence electrons. The van der Waals surface area contributed by atoms with Gasteiger partial charge in [-0.2, -0.15) is 0 Å². The van der Waals surface area contributed by atoms with Crippen molar-refractivity contribution in [3.63, 3.8) is 0 Å². The summed E-state index contributed by atoms with van der Waals surface area (Å²) in [4.78, 5) is 28.3. The molecule has 0 unspecified atom stereocenters. The summed E-state index contributed by atoms with van der Waals surface area (Å²) in [6, 6.07) is 9.96. The summed E-state index contributed by atoms with van der Waals surface area (Å²) in [5.41, 5.74) is 3.05. The zero-order chi connectivity index (χ0) is 28.6. The van der Waals surface area contributed by atoms with Crippen LogP contribution in [0.4, 0.5) is 5.69 Å². The van der Waals surface area contributed by atoms with Crippen LogP contribution in [0.2, 0.25) is 10.0 Å². The monoisotopic (exact) mass is 583 g/mol. The minimum atomic E-state index is -3.57. The highest BCUT2D eigenvalue weighted by atomic mass is 35.5. The van der Waals surface area contributed by atoms with Gasteiger partial charge in [0.05, 0.1) is 11.9 Å². The van der Waals surface area contributed by atoms with Crippen molar-refractivity contribution < 1.29 is 18.0 Å². The van der Waals surface area contributed by atoms with Crippen molar-refractivity contribution in [3.05, 3.63) is 63.1 Å².